The third-order valence-electron chi connectivity index (χ3n) is 3.25. The molecule has 0 saturated heterocycles. The molecule has 0 aliphatic rings. The van der Waals surface area contributed by atoms with Crippen molar-refractivity contribution in [1.82, 2.24) is 14.8 Å². The van der Waals surface area contributed by atoms with Crippen LogP contribution < -0.4 is 5.32 Å². The number of carbonyl (C=O) groups excluding carboxylic acids is 1. The van der Waals surface area contributed by atoms with Crippen molar-refractivity contribution in [2.24, 2.45) is 7.05 Å². The van der Waals surface area contributed by atoms with Crippen LogP contribution in [0.25, 0.3) is 10.2 Å². The van der Waals surface area contributed by atoms with Gasteiger partial charge in [0.2, 0.25) is 0 Å². The summed E-state index contributed by atoms with van der Waals surface area (Å²) in [5.41, 5.74) is 3.69. The lowest BCUT2D eigenvalue weighted by atomic mass is 10.1. The van der Waals surface area contributed by atoms with Gasteiger partial charge in [-0.05, 0) is 37.1 Å². The zero-order valence-electron chi connectivity index (χ0n) is 11.5. The number of benzene rings is 1. The topological polar surface area (TPSA) is 59.8 Å². The minimum absolute atomic E-state index is 0.237. The van der Waals surface area contributed by atoms with E-state index in [9.17, 15) is 4.79 Å². The number of aromatic nitrogens is 3. The van der Waals surface area contributed by atoms with Crippen LogP contribution in [0.1, 0.15) is 21.6 Å². The predicted octanol–water partition coefficient (Wildman–Crippen LogP) is 2.90. The number of amides is 1. The van der Waals surface area contributed by atoms with Crippen molar-refractivity contribution in [3.05, 3.63) is 41.2 Å². The van der Waals surface area contributed by atoms with Crippen LogP contribution in [0.5, 0.6) is 0 Å². The average Bonchev–Trinajstić information content (AvgIpc) is 3.00. The van der Waals surface area contributed by atoms with Crippen LogP contribution in [0, 0.1) is 13.8 Å². The van der Waals surface area contributed by atoms with E-state index in [-0.39, 0.29) is 5.91 Å². The first kappa shape index (κ1) is 12.8. The van der Waals surface area contributed by atoms with E-state index >= 15 is 0 Å². The molecule has 0 aliphatic heterocycles. The normalized spacial score (nSPS) is 10.9. The molecule has 3 aromatic rings. The molecule has 5 nitrogen and oxygen atoms in total. The van der Waals surface area contributed by atoms with Gasteiger partial charge in [0, 0.05) is 13.2 Å². The molecule has 20 heavy (non-hydrogen) atoms. The second-order valence-electron chi connectivity index (χ2n) is 4.70. The Labute approximate surface area is 120 Å². The maximum atomic E-state index is 12.0. The Kier molecular flexibility index (Phi) is 3.02. The van der Waals surface area contributed by atoms with E-state index in [1.54, 1.807) is 24.0 Å². The standard InChI is InChI=1S/C14H14N4OS/c1-8-4-5-11-12(9(8)2)15-14(20-11)16-13(19)10-6-7-18(3)17-10/h4-7H,1-3H3,(H,15,16,19). The van der Waals surface area contributed by atoms with Crippen LogP contribution in [0.4, 0.5) is 5.13 Å². The molecule has 0 bridgehead atoms. The molecule has 2 aromatic heterocycles. The lowest BCUT2D eigenvalue weighted by Gasteiger charge is -1.98. The summed E-state index contributed by atoms with van der Waals surface area (Å²) in [7, 11) is 1.78. The highest BCUT2D eigenvalue weighted by atomic mass is 32.1. The molecule has 3 rings (SSSR count). The van der Waals surface area contributed by atoms with E-state index in [0.29, 0.717) is 10.8 Å². The molecular formula is C14H14N4OS. The minimum atomic E-state index is -0.237. The van der Waals surface area contributed by atoms with Crippen molar-refractivity contribution >= 4 is 32.6 Å². The molecule has 0 atom stereocenters. The number of fused-ring (bicyclic) bond motifs is 1. The van der Waals surface area contributed by atoms with Crippen molar-refractivity contribution < 1.29 is 4.79 Å². The first-order valence-electron chi connectivity index (χ1n) is 6.22. The third-order valence-corrected chi connectivity index (χ3v) is 4.19. The Balaban J connectivity index is 1.92. The summed E-state index contributed by atoms with van der Waals surface area (Å²) in [6.07, 6.45) is 1.74. The van der Waals surface area contributed by atoms with Crippen molar-refractivity contribution in [2.75, 3.05) is 5.32 Å². The number of carbonyl (C=O) groups is 1. The van der Waals surface area contributed by atoms with Gasteiger partial charge in [0.25, 0.3) is 5.91 Å². The lowest BCUT2D eigenvalue weighted by molar-refractivity contribution is 0.102. The fraction of sp³-hybridized carbons (Fsp3) is 0.214. The second-order valence-corrected chi connectivity index (χ2v) is 5.73. The molecule has 0 aliphatic carbocycles. The highest BCUT2D eigenvalue weighted by Gasteiger charge is 2.13. The highest BCUT2D eigenvalue weighted by Crippen LogP contribution is 2.29. The Morgan fingerprint density at radius 2 is 2.10 bits per heavy atom. The summed E-state index contributed by atoms with van der Waals surface area (Å²) in [5, 5.41) is 7.48. The van der Waals surface area contributed by atoms with E-state index in [2.05, 4.69) is 28.4 Å². The van der Waals surface area contributed by atoms with Crippen LogP contribution in [0.15, 0.2) is 24.4 Å². The smallest absolute Gasteiger partial charge is 0.277 e. The Morgan fingerprint density at radius 1 is 1.30 bits per heavy atom. The van der Waals surface area contributed by atoms with Crippen LogP contribution in [-0.2, 0) is 7.05 Å². The number of nitrogens with one attached hydrogen (secondary N) is 1. The number of hydrogen-bond donors (Lipinski definition) is 1. The molecule has 0 fully saturated rings. The average molecular weight is 286 g/mol. The molecule has 0 radical (unpaired) electrons. The van der Waals surface area contributed by atoms with Gasteiger partial charge in [0.15, 0.2) is 10.8 Å². The van der Waals surface area contributed by atoms with Gasteiger partial charge in [-0.2, -0.15) is 5.10 Å². The van der Waals surface area contributed by atoms with Crippen LogP contribution in [0.3, 0.4) is 0 Å². The van der Waals surface area contributed by atoms with Crippen LogP contribution >= 0.6 is 11.3 Å². The van der Waals surface area contributed by atoms with Crippen molar-refractivity contribution in [2.45, 2.75) is 13.8 Å². The monoisotopic (exact) mass is 286 g/mol. The molecule has 1 aromatic carbocycles. The van der Waals surface area contributed by atoms with E-state index < -0.39 is 0 Å². The summed E-state index contributed by atoms with van der Waals surface area (Å²) in [6.45, 7) is 4.10. The van der Waals surface area contributed by atoms with Crippen molar-refractivity contribution in [1.29, 1.82) is 0 Å². The number of aryl methyl sites for hydroxylation is 3. The van der Waals surface area contributed by atoms with Gasteiger partial charge >= 0.3 is 0 Å². The van der Waals surface area contributed by atoms with E-state index in [1.165, 1.54) is 16.9 Å². The molecule has 6 heteroatoms. The van der Waals surface area contributed by atoms with Gasteiger partial charge < -0.3 is 0 Å². The molecule has 2 heterocycles. The lowest BCUT2D eigenvalue weighted by Crippen LogP contribution is -2.12. The van der Waals surface area contributed by atoms with Crippen molar-refractivity contribution in [3.63, 3.8) is 0 Å². The van der Waals surface area contributed by atoms with Gasteiger partial charge in [-0.25, -0.2) is 4.98 Å². The van der Waals surface area contributed by atoms with Crippen molar-refractivity contribution in [3.8, 4) is 0 Å². The summed E-state index contributed by atoms with van der Waals surface area (Å²) in [5.74, 6) is -0.237. The fourth-order valence-corrected chi connectivity index (χ4v) is 2.90. The number of nitrogens with zero attached hydrogens (tertiary/aromatic N) is 3. The van der Waals surface area contributed by atoms with Gasteiger partial charge in [-0.3, -0.25) is 14.8 Å². The predicted molar refractivity (Wildman–Crippen MR) is 80.3 cm³/mol. The number of rotatable bonds is 2. The van der Waals surface area contributed by atoms with E-state index in [0.717, 1.165) is 15.8 Å². The Bertz CT molecular complexity index is 803. The summed E-state index contributed by atoms with van der Waals surface area (Å²) >= 11 is 1.47. The number of hydrogen-bond acceptors (Lipinski definition) is 4. The van der Waals surface area contributed by atoms with E-state index in [1.807, 2.05) is 13.0 Å². The largest absolute Gasteiger partial charge is 0.296 e. The molecular weight excluding hydrogens is 272 g/mol. The Morgan fingerprint density at radius 3 is 2.80 bits per heavy atom. The summed E-state index contributed by atoms with van der Waals surface area (Å²) in [6, 6.07) is 5.78. The zero-order valence-corrected chi connectivity index (χ0v) is 12.3. The summed E-state index contributed by atoms with van der Waals surface area (Å²) < 4.78 is 2.67. The molecule has 1 amide bonds. The van der Waals surface area contributed by atoms with Gasteiger partial charge in [-0.1, -0.05) is 17.4 Å². The number of anilines is 1. The third kappa shape index (κ3) is 2.18. The molecule has 0 spiro atoms. The summed E-state index contributed by atoms with van der Waals surface area (Å²) in [4.78, 5) is 16.5. The van der Waals surface area contributed by atoms with Crippen LogP contribution in [0.2, 0.25) is 0 Å². The van der Waals surface area contributed by atoms with Gasteiger partial charge in [-0.15, -0.1) is 0 Å². The fourth-order valence-electron chi connectivity index (χ4n) is 1.98. The maximum absolute atomic E-state index is 12.0. The quantitative estimate of drug-likeness (QED) is 0.788. The molecule has 0 saturated carbocycles. The molecule has 1 N–H and O–H groups in total. The number of thiazole rings is 1. The Hall–Kier alpha value is -2.21. The van der Waals surface area contributed by atoms with E-state index in [4.69, 9.17) is 0 Å². The minimum Gasteiger partial charge on any atom is -0.296 e. The van der Waals surface area contributed by atoms with Gasteiger partial charge in [0.1, 0.15) is 0 Å². The zero-order chi connectivity index (χ0) is 14.3. The molecule has 0 unspecified atom stereocenters. The van der Waals surface area contributed by atoms with Crippen LogP contribution in [-0.4, -0.2) is 20.7 Å². The first-order valence-corrected chi connectivity index (χ1v) is 7.04. The maximum Gasteiger partial charge on any atom is 0.277 e. The first-order chi connectivity index (χ1) is 9.54. The van der Waals surface area contributed by atoms with Gasteiger partial charge in [0.05, 0.1) is 10.2 Å². The molecule has 102 valence electrons. The second kappa shape index (κ2) is 4.72. The SMILES string of the molecule is Cc1ccc2sc(NC(=O)c3ccn(C)n3)nc2c1C. The highest BCUT2D eigenvalue weighted by molar-refractivity contribution is 7.22.